The Morgan fingerprint density at radius 3 is 2.46 bits per heavy atom. The van der Waals surface area contributed by atoms with Crippen LogP contribution in [0.4, 0.5) is 30.8 Å². The first-order chi connectivity index (χ1) is 26.0. The lowest BCUT2D eigenvalue weighted by Gasteiger charge is -2.43. The van der Waals surface area contributed by atoms with Gasteiger partial charge < -0.3 is 19.5 Å². The largest absolute Gasteiger partial charge is 0.453 e. The molecule has 0 unspecified atom stereocenters. The maximum Gasteiger partial charge on any atom is 0.329 e. The molecule has 0 bridgehead atoms. The van der Waals surface area contributed by atoms with Crippen molar-refractivity contribution in [1.82, 2.24) is 39.9 Å². The number of H-pyrrole nitrogens is 1. The summed E-state index contributed by atoms with van der Waals surface area (Å²) in [5.41, 5.74) is 3.22. The Bertz CT molecular complexity index is 2200. The molecule has 0 saturated carbocycles. The molecule has 4 aromatic heterocycles. The van der Waals surface area contributed by atoms with Gasteiger partial charge >= 0.3 is 6.03 Å². The number of carbonyl (C=O) groups excluding carboxylic acids is 2. The molecule has 2 N–H and O–H groups in total. The Balaban J connectivity index is 0.872. The Kier molecular flexibility index (Phi) is 9.56. The van der Waals surface area contributed by atoms with E-state index in [-0.39, 0.29) is 40.6 Å². The Labute approximate surface area is 315 Å². The van der Waals surface area contributed by atoms with E-state index in [1.807, 2.05) is 39.2 Å². The van der Waals surface area contributed by atoms with Gasteiger partial charge in [-0.25, -0.2) is 28.5 Å². The number of urea groups is 1. The number of carbonyl (C=O) groups is 2. The fourth-order valence-corrected chi connectivity index (χ4v) is 7.92. The number of fused-ring (bicyclic) bond motifs is 1. The van der Waals surface area contributed by atoms with Gasteiger partial charge in [-0.15, -0.1) is 0 Å². The number of anilines is 3. The van der Waals surface area contributed by atoms with Crippen molar-refractivity contribution in [1.29, 1.82) is 0 Å². The van der Waals surface area contributed by atoms with E-state index in [9.17, 15) is 9.59 Å². The minimum Gasteiger partial charge on any atom is -0.453 e. The smallest absolute Gasteiger partial charge is 0.329 e. The van der Waals surface area contributed by atoms with Crippen molar-refractivity contribution >= 4 is 51.9 Å². The van der Waals surface area contributed by atoms with E-state index in [1.54, 1.807) is 15.8 Å². The summed E-state index contributed by atoms with van der Waals surface area (Å²) in [4.78, 5) is 48.2. The summed E-state index contributed by atoms with van der Waals surface area (Å²) in [6.45, 7) is 8.71. The molecule has 1 aromatic carbocycles. The molecule has 0 radical (unpaired) electrons. The fraction of sp³-hybridized carbons (Fsp3) is 0.405. The second-order valence-corrected chi connectivity index (χ2v) is 14.6. The number of aromatic amines is 1. The topological polar surface area (TPSA) is 141 Å². The van der Waals surface area contributed by atoms with E-state index in [1.165, 1.54) is 23.2 Å². The lowest BCUT2D eigenvalue weighted by molar-refractivity contribution is -0.120. The van der Waals surface area contributed by atoms with Crippen molar-refractivity contribution in [2.45, 2.75) is 39.2 Å². The quantitative estimate of drug-likeness (QED) is 0.204. The van der Waals surface area contributed by atoms with Crippen molar-refractivity contribution < 1.29 is 23.1 Å². The van der Waals surface area contributed by atoms with E-state index in [0.29, 0.717) is 54.9 Å². The average Bonchev–Trinajstić information content (AvgIpc) is 3.72. The second kappa shape index (κ2) is 14.5. The van der Waals surface area contributed by atoms with Crippen LogP contribution in [0, 0.1) is 24.5 Å². The first-order valence-electron chi connectivity index (χ1n) is 18.0. The summed E-state index contributed by atoms with van der Waals surface area (Å²) in [5.74, 6) is -0.0331. The molecule has 7 heterocycles. The summed E-state index contributed by atoms with van der Waals surface area (Å²) < 4.78 is 39.2. The van der Waals surface area contributed by atoms with Gasteiger partial charge in [0.25, 0.3) is 0 Å². The molecular formula is C37H40ClF2N11O3. The van der Waals surface area contributed by atoms with Gasteiger partial charge in [-0.3, -0.25) is 24.6 Å². The number of piperidine rings is 1. The van der Waals surface area contributed by atoms with E-state index in [2.05, 4.69) is 40.2 Å². The minimum atomic E-state index is -0.716. The molecule has 8 rings (SSSR count). The van der Waals surface area contributed by atoms with Crippen LogP contribution in [0.5, 0.6) is 11.5 Å². The van der Waals surface area contributed by atoms with Gasteiger partial charge in [0.2, 0.25) is 5.91 Å². The molecule has 1 atom stereocenters. The number of halogens is 3. The number of piperazine rings is 1. The highest BCUT2D eigenvalue weighted by Crippen LogP contribution is 2.39. The molecule has 0 spiro atoms. The third kappa shape index (κ3) is 7.02. The Morgan fingerprint density at radius 2 is 1.80 bits per heavy atom. The number of benzene rings is 1. The number of hydrogen-bond acceptors (Lipinski definition) is 10. The number of imidazole rings is 1. The highest BCUT2D eigenvalue weighted by atomic mass is 35.5. The van der Waals surface area contributed by atoms with Gasteiger partial charge in [0.15, 0.2) is 23.0 Å². The van der Waals surface area contributed by atoms with Gasteiger partial charge in [0.1, 0.15) is 33.6 Å². The number of pyridine rings is 2. The lowest BCUT2D eigenvalue weighted by Crippen LogP contribution is -2.54. The van der Waals surface area contributed by atoms with Gasteiger partial charge in [0.05, 0.1) is 29.3 Å². The predicted molar refractivity (Wildman–Crippen MR) is 200 cm³/mol. The zero-order valence-corrected chi connectivity index (χ0v) is 30.9. The summed E-state index contributed by atoms with van der Waals surface area (Å²) in [7, 11) is 1.82. The van der Waals surface area contributed by atoms with Gasteiger partial charge in [-0.05, 0) is 44.7 Å². The van der Waals surface area contributed by atoms with Crippen molar-refractivity contribution in [2.75, 3.05) is 60.5 Å². The van der Waals surface area contributed by atoms with Gasteiger partial charge in [-0.1, -0.05) is 11.6 Å². The third-order valence-electron chi connectivity index (χ3n) is 10.5. The number of nitrogens with zero attached hydrogens (tertiary/aromatic N) is 9. The highest BCUT2D eigenvalue weighted by Gasteiger charge is 2.31. The van der Waals surface area contributed by atoms with Crippen molar-refractivity contribution in [2.24, 2.45) is 13.0 Å². The van der Waals surface area contributed by atoms with Gasteiger partial charge in [0, 0.05) is 83.7 Å². The summed E-state index contributed by atoms with van der Waals surface area (Å²) in [6.07, 6.45) is 7.28. The molecule has 3 fully saturated rings. The number of ether oxygens (including phenoxy) is 1. The monoisotopic (exact) mass is 759 g/mol. The highest BCUT2D eigenvalue weighted by molar-refractivity contribution is 6.32. The third-order valence-corrected chi connectivity index (χ3v) is 10.7. The van der Waals surface area contributed by atoms with Crippen LogP contribution in [-0.4, -0.2) is 98.4 Å². The molecule has 14 nitrogen and oxygen atoms in total. The Hall–Kier alpha value is -5.35. The zero-order chi connectivity index (χ0) is 37.7. The molecule has 3 amide bonds. The standard InChI is InChI=1S/C37H40ClF2N11O3/c1-21-18-48(19-23-6-9-49(10-7-23)24-4-5-30(41-16-24)51-11-8-31(52)43-37(51)53)12-13-50(21)33-28(39)14-25(15-29(33)40)54-34-27(38)17-42-36-32(34)44-35(45-36)26-20-47(3)46-22(26)2/h4-5,14-17,20-21,23H,6-13,18-19H2,1-3H3,(H,42,44,45)(H,43,52,53)/t21-/m1/s1. The minimum absolute atomic E-state index is 0.0340. The molecular weight excluding hydrogens is 720 g/mol. The maximum atomic E-state index is 15.8. The van der Waals surface area contributed by atoms with Gasteiger partial charge in [-0.2, -0.15) is 5.10 Å². The number of aromatic nitrogens is 6. The maximum absolute atomic E-state index is 15.8. The SMILES string of the molecule is Cc1nn(C)cc1-c1nc2ncc(Cl)c(Oc3cc(F)c(N4CCN(CC5CCN(c6ccc(N7CCC(=O)NC7=O)nc6)CC5)C[C@H]4C)c(F)c3)c2[nH]1. The van der Waals surface area contributed by atoms with Crippen LogP contribution in [0.1, 0.15) is 31.9 Å². The molecule has 282 valence electrons. The van der Waals surface area contributed by atoms with Crippen LogP contribution < -0.4 is 24.8 Å². The molecule has 3 aliphatic rings. The van der Waals surface area contributed by atoms with Crippen LogP contribution in [0.25, 0.3) is 22.6 Å². The lowest BCUT2D eigenvalue weighted by atomic mass is 9.95. The van der Waals surface area contributed by atoms with Crippen molar-refractivity contribution in [3.63, 3.8) is 0 Å². The number of hydrogen-bond donors (Lipinski definition) is 2. The zero-order valence-electron chi connectivity index (χ0n) is 30.2. The molecule has 5 aromatic rings. The first-order valence-corrected chi connectivity index (χ1v) is 18.4. The summed E-state index contributed by atoms with van der Waals surface area (Å²) in [5, 5.41) is 6.86. The normalized spacial score (nSPS) is 18.9. The van der Waals surface area contributed by atoms with Crippen LogP contribution >= 0.6 is 11.6 Å². The number of imide groups is 1. The van der Waals surface area contributed by atoms with E-state index in [0.717, 1.165) is 49.4 Å². The van der Waals surface area contributed by atoms with Crippen LogP contribution in [0.3, 0.4) is 0 Å². The van der Waals surface area contributed by atoms with Crippen LogP contribution in [0.2, 0.25) is 5.02 Å². The fourth-order valence-electron chi connectivity index (χ4n) is 7.74. The first kappa shape index (κ1) is 35.7. The van der Waals surface area contributed by atoms with E-state index in [4.69, 9.17) is 16.3 Å². The van der Waals surface area contributed by atoms with E-state index >= 15 is 8.78 Å². The van der Waals surface area contributed by atoms with Crippen LogP contribution in [0.15, 0.2) is 42.9 Å². The number of rotatable bonds is 8. The van der Waals surface area contributed by atoms with Crippen LogP contribution in [-0.2, 0) is 11.8 Å². The number of amides is 3. The molecule has 17 heteroatoms. The molecule has 54 heavy (non-hydrogen) atoms. The second-order valence-electron chi connectivity index (χ2n) is 14.2. The van der Waals surface area contributed by atoms with E-state index < -0.39 is 17.7 Å². The average molecular weight is 760 g/mol. The van der Waals surface area contributed by atoms with Crippen molar-refractivity contribution in [3.05, 3.63) is 65.2 Å². The molecule has 3 aliphatic heterocycles. The number of nitrogens with one attached hydrogen (secondary N) is 2. The Morgan fingerprint density at radius 1 is 1.02 bits per heavy atom. The number of aryl methyl sites for hydroxylation is 2. The summed E-state index contributed by atoms with van der Waals surface area (Å²) in [6, 6.07) is 5.60. The molecule has 0 aliphatic carbocycles. The molecule has 3 saturated heterocycles. The summed E-state index contributed by atoms with van der Waals surface area (Å²) >= 11 is 6.47. The predicted octanol–water partition coefficient (Wildman–Crippen LogP) is 5.66. The van der Waals surface area contributed by atoms with Crippen molar-refractivity contribution in [3.8, 4) is 22.9 Å².